The van der Waals surface area contributed by atoms with Gasteiger partial charge in [0.15, 0.2) is 5.82 Å². The summed E-state index contributed by atoms with van der Waals surface area (Å²) in [6.07, 6.45) is 1.45. The summed E-state index contributed by atoms with van der Waals surface area (Å²) in [5.74, 6) is 7.06. The van der Waals surface area contributed by atoms with E-state index in [9.17, 15) is 4.79 Å². The van der Waals surface area contributed by atoms with Crippen LogP contribution < -0.4 is 11.2 Å². The predicted octanol–water partition coefficient (Wildman–Crippen LogP) is 3.13. The number of nitrogens with zero attached hydrogens (tertiary/aromatic N) is 3. The molecule has 3 rings (SSSR count). The van der Waals surface area contributed by atoms with Gasteiger partial charge in [-0.1, -0.05) is 61.2 Å². The number of fused-ring (bicyclic) bond motifs is 1. The van der Waals surface area contributed by atoms with Crippen molar-refractivity contribution in [3.05, 3.63) is 53.9 Å². The molecule has 1 aromatic heterocycles. The van der Waals surface area contributed by atoms with Gasteiger partial charge in [-0.25, -0.2) is 4.68 Å². The number of aromatic nitrogens is 3. The molecule has 0 aliphatic rings. The zero-order valence-corrected chi connectivity index (χ0v) is 16.7. The van der Waals surface area contributed by atoms with E-state index in [2.05, 4.69) is 39.8 Å². The Hall–Kier alpha value is -2.54. The molecule has 1 heterocycles. The third-order valence-corrected chi connectivity index (χ3v) is 5.60. The van der Waals surface area contributed by atoms with Crippen LogP contribution in [0, 0.1) is 0 Å². The summed E-state index contributed by atoms with van der Waals surface area (Å²) < 4.78 is 1.48. The molecule has 1 amide bonds. The van der Waals surface area contributed by atoms with E-state index in [4.69, 9.17) is 5.84 Å². The first-order valence-electron chi connectivity index (χ1n) is 8.99. The van der Waals surface area contributed by atoms with Crippen molar-refractivity contribution in [3.8, 4) is 0 Å². The Morgan fingerprint density at radius 1 is 1.19 bits per heavy atom. The average molecular weight is 384 g/mol. The summed E-state index contributed by atoms with van der Waals surface area (Å²) in [4.78, 5) is 12.1. The molecule has 6 nitrogen and oxygen atoms in total. The molecule has 0 aliphatic carbocycles. The van der Waals surface area contributed by atoms with Crippen molar-refractivity contribution in [3.63, 3.8) is 0 Å². The van der Waals surface area contributed by atoms with Crippen LogP contribution in [0.4, 0.5) is 0 Å². The maximum absolute atomic E-state index is 12.1. The molecule has 142 valence electrons. The number of thioether (sulfide) groups is 1. The van der Waals surface area contributed by atoms with Gasteiger partial charge in [0.2, 0.25) is 11.1 Å². The highest BCUT2D eigenvalue weighted by atomic mass is 32.2. The number of carbonyl (C=O) groups is 1. The Morgan fingerprint density at radius 2 is 1.93 bits per heavy atom. The van der Waals surface area contributed by atoms with Gasteiger partial charge in [-0.05, 0) is 36.6 Å². The van der Waals surface area contributed by atoms with Gasteiger partial charge in [0.1, 0.15) is 0 Å². The Morgan fingerprint density at radius 3 is 2.70 bits per heavy atom. The normalized spacial score (nSPS) is 11.7. The fraction of sp³-hybridized carbons (Fsp3) is 0.350. The van der Waals surface area contributed by atoms with Crippen LogP contribution in [0.2, 0.25) is 0 Å². The molecule has 0 radical (unpaired) electrons. The first kappa shape index (κ1) is 19.2. The van der Waals surface area contributed by atoms with Crippen molar-refractivity contribution < 1.29 is 4.79 Å². The van der Waals surface area contributed by atoms with Gasteiger partial charge in [-0.3, -0.25) is 4.79 Å². The second kappa shape index (κ2) is 8.00. The number of benzene rings is 2. The van der Waals surface area contributed by atoms with E-state index < -0.39 is 0 Å². The predicted molar refractivity (Wildman–Crippen MR) is 110 cm³/mol. The zero-order valence-electron chi connectivity index (χ0n) is 15.9. The first-order valence-corrected chi connectivity index (χ1v) is 9.98. The summed E-state index contributed by atoms with van der Waals surface area (Å²) in [5.41, 5.74) is 0.930. The highest BCUT2D eigenvalue weighted by molar-refractivity contribution is 7.99. The van der Waals surface area contributed by atoms with Crippen molar-refractivity contribution in [1.29, 1.82) is 0 Å². The molecule has 0 unspecified atom stereocenters. The molecular weight excluding hydrogens is 358 g/mol. The van der Waals surface area contributed by atoms with Crippen molar-refractivity contribution >= 4 is 28.4 Å². The number of nitrogens with two attached hydrogens (primary N) is 1. The molecule has 7 heteroatoms. The molecule has 0 fully saturated rings. The van der Waals surface area contributed by atoms with Gasteiger partial charge < -0.3 is 11.2 Å². The number of nitrogens with one attached hydrogen (secondary N) is 1. The van der Waals surface area contributed by atoms with Crippen LogP contribution in [0.15, 0.2) is 47.6 Å². The minimum atomic E-state index is -0.215. The second-order valence-electron chi connectivity index (χ2n) is 7.16. The van der Waals surface area contributed by atoms with Crippen LogP contribution in [0.3, 0.4) is 0 Å². The number of hydrogen-bond acceptors (Lipinski definition) is 5. The molecule has 0 bridgehead atoms. The van der Waals surface area contributed by atoms with Gasteiger partial charge >= 0.3 is 0 Å². The highest BCUT2D eigenvalue weighted by Crippen LogP contribution is 2.22. The average Bonchev–Trinajstić information content (AvgIpc) is 3.00. The lowest BCUT2D eigenvalue weighted by Gasteiger charge is -2.24. The molecule has 2 aromatic carbocycles. The molecule has 0 spiro atoms. The fourth-order valence-electron chi connectivity index (χ4n) is 2.78. The zero-order chi connectivity index (χ0) is 19.4. The Balaban J connectivity index is 1.69. The quantitative estimate of drug-likeness (QED) is 0.484. The van der Waals surface area contributed by atoms with Gasteiger partial charge in [0, 0.05) is 12.0 Å². The van der Waals surface area contributed by atoms with E-state index in [1.165, 1.54) is 27.2 Å². The third-order valence-electron chi connectivity index (χ3n) is 4.66. The van der Waals surface area contributed by atoms with Crippen molar-refractivity contribution in [2.24, 2.45) is 0 Å². The lowest BCUT2D eigenvalue weighted by molar-refractivity contribution is -0.120. The van der Waals surface area contributed by atoms with Crippen LogP contribution in [0.5, 0.6) is 0 Å². The molecule has 0 saturated carbocycles. The van der Waals surface area contributed by atoms with Gasteiger partial charge in [-0.2, -0.15) is 0 Å². The van der Waals surface area contributed by atoms with Gasteiger partial charge in [-0.15, -0.1) is 10.2 Å². The summed E-state index contributed by atoms with van der Waals surface area (Å²) in [6, 6.07) is 14.4. The largest absolute Gasteiger partial charge is 0.351 e. The Kier molecular flexibility index (Phi) is 5.70. The number of nitrogen functional groups attached to an aromatic ring is 1. The van der Waals surface area contributed by atoms with Crippen molar-refractivity contribution in [2.75, 3.05) is 11.6 Å². The van der Waals surface area contributed by atoms with E-state index >= 15 is 0 Å². The van der Waals surface area contributed by atoms with E-state index in [0.29, 0.717) is 17.4 Å². The van der Waals surface area contributed by atoms with Crippen LogP contribution in [0.25, 0.3) is 10.8 Å². The third kappa shape index (κ3) is 4.60. The molecule has 3 N–H and O–H groups in total. The standard InChI is InChI=1S/C20H25N5OS/c1-4-20(2,3)22-18(26)13-27-19-24-23-17(25(19)21)12-15-10-7-9-14-8-5-6-11-16(14)15/h5-11H,4,12-13,21H2,1-3H3,(H,22,26). The van der Waals surface area contributed by atoms with E-state index in [-0.39, 0.29) is 17.2 Å². The smallest absolute Gasteiger partial charge is 0.230 e. The number of hydrogen-bond donors (Lipinski definition) is 2. The molecule has 3 aromatic rings. The number of rotatable bonds is 7. The molecule has 0 atom stereocenters. The summed E-state index contributed by atoms with van der Waals surface area (Å²) in [6.45, 7) is 6.05. The molecule has 27 heavy (non-hydrogen) atoms. The monoisotopic (exact) mass is 383 g/mol. The maximum Gasteiger partial charge on any atom is 0.230 e. The van der Waals surface area contributed by atoms with Crippen molar-refractivity contribution in [1.82, 2.24) is 20.2 Å². The minimum Gasteiger partial charge on any atom is -0.351 e. The summed E-state index contributed by atoms with van der Waals surface area (Å²) in [7, 11) is 0. The van der Waals surface area contributed by atoms with Gasteiger partial charge in [0.05, 0.1) is 5.75 Å². The Bertz CT molecular complexity index is 945. The van der Waals surface area contributed by atoms with Crippen LogP contribution >= 0.6 is 11.8 Å². The van der Waals surface area contributed by atoms with Gasteiger partial charge in [0.25, 0.3) is 0 Å². The lowest BCUT2D eigenvalue weighted by atomic mass is 10.0. The Labute approximate surface area is 163 Å². The fourth-order valence-corrected chi connectivity index (χ4v) is 3.45. The maximum atomic E-state index is 12.1. The number of amides is 1. The van der Waals surface area contributed by atoms with Crippen LogP contribution in [-0.4, -0.2) is 32.1 Å². The van der Waals surface area contributed by atoms with E-state index in [1.807, 2.05) is 39.0 Å². The second-order valence-corrected chi connectivity index (χ2v) is 8.10. The van der Waals surface area contributed by atoms with E-state index in [0.717, 1.165) is 12.0 Å². The first-order chi connectivity index (χ1) is 12.9. The topological polar surface area (TPSA) is 85.8 Å². The van der Waals surface area contributed by atoms with Crippen LogP contribution in [0.1, 0.15) is 38.6 Å². The van der Waals surface area contributed by atoms with Crippen molar-refractivity contribution in [2.45, 2.75) is 44.3 Å². The molecule has 0 aliphatic heterocycles. The SMILES string of the molecule is CCC(C)(C)NC(=O)CSc1nnc(Cc2cccc3ccccc23)n1N. The number of carbonyl (C=O) groups excluding carboxylic acids is 1. The molecule has 0 saturated heterocycles. The highest BCUT2D eigenvalue weighted by Gasteiger charge is 2.19. The lowest BCUT2D eigenvalue weighted by Crippen LogP contribution is -2.43. The summed E-state index contributed by atoms with van der Waals surface area (Å²) >= 11 is 1.29. The van der Waals surface area contributed by atoms with E-state index in [1.54, 1.807) is 0 Å². The summed E-state index contributed by atoms with van der Waals surface area (Å²) in [5, 5.41) is 14.3. The van der Waals surface area contributed by atoms with Crippen LogP contribution in [-0.2, 0) is 11.2 Å². The minimum absolute atomic E-state index is 0.0366. The molecular formula is C20H25N5OS.